The minimum Gasteiger partial charge on any atom is -0.325 e. The lowest BCUT2D eigenvalue weighted by molar-refractivity contribution is -0.114. The van der Waals surface area contributed by atoms with E-state index in [1.165, 1.54) is 0 Å². The van der Waals surface area contributed by atoms with Gasteiger partial charge in [0.25, 0.3) is 10.0 Å². The zero-order chi connectivity index (χ0) is 21.9. The smallest absolute Gasteiger partial charge is 0.264 e. The van der Waals surface area contributed by atoms with Gasteiger partial charge in [-0.15, -0.1) is 0 Å². The van der Waals surface area contributed by atoms with Gasteiger partial charge in [0.2, 0.25) is 5.91 Å². The number of rotatable bonds is 6. The number of hydrogen-bond donors (Lipinski definition) is 1. The lowest BCUT2D eigenvalue weighted by Gasteiger charge is -2.25. The summed E-state index contributed by atoms with van der Waals surface area (Å²) in [6, 6.07) is 18.5. The maximum Gasteiger partial charge on any atom is 0.264 e. The van der Waals surface area contributed by atoms with Gasteiger partial charge in [0.05, 0.1) is 10.6 Å². The van der Waals surface area contributed by atoms with Crippen molar-refractivity contribution in [3.8, 4) is 0 Å². The third kappa shape index (κ3) is 5.01. The van der Waals surface area contributed by atoms with Crippen molar-refractivity contribution in [3.63, 3.8) is 0 Å². The summed E-state index contributed by atoms with van der Waals surface area (Å²) in [4.78, 5) is 12.8. The summed E-state index contributed by atoms with van der Waals surface area (Å²) in [5.74, 6) is -0.453. The Bertz CT molecular complexity index is 1160. The number of amides is 1. The number of halogens is 1. The van der Waals surface area contributed by atoms with E-state index in [9.17, 15) is 13.2 Å². The molecule has 0 aromatic heterocycles. The number of anilines is 2. The molecule has 30 heavy (non-hydrogen) atoms. The first-order valence-electron chi connectivity index (χ1n) is 9.39. The van der Waals surface area contributed by atoms with Crippen molar-refractivity contribution in [2.24, 2.45) is 0 Å². The maximum atomic E-state index is 13.4. The molecule has 0 saturated carbocycles. The molecule has 0 aliphatic heterocycles. The molecule has 156 valence electrons. The van der Waals surface area contributed by atoms with E-state index in [0.29, 0.717) is 16.4 Å². The Kier molecular flexibility index (Phi) is 6.48. The van der Waals surface area contributed by atoms with E-state index in [1.54, 1.807) is 60.7 Å². The van der Waals surface area contributed by atoms with Gasteiger partial charge in [-0.1, -0.05) is 35.4 Å². The van der Waals surface area contributed by atoms with Crippen molar-refractivity contribution in [3.05, 3.63) is 88.4 Å². The van der Waals surface area contributed by atoms with Crippen LogP contribution in [0.1, 0.15) is 16.7 Å². The molecule has 5 nitrogen and oxygen atoms in total. The summed E-state index contributed by atoms with van der Waals surface area (Å²) in [6.07, 6.45) is 0. The van der Waals surface area contributed by atoms with Gasteiger partial charge in [0.15, 0.2) is 0 Å². The third-order valence-electron chi connectivity index (χ3n) is 4.80. The quantitative estimate of drug-likeness (QED) is 0.577. The Labute approximate surface area is 182 Å². The summed E-state index contributed by atoms with van der Waals surface area (Å²) in [7, 11) is -3.94. The molecule has 1 N–H and O–H groups in total. The number of benzene rings is 3. The highest BCUT2D eigenvalue weighted by molar-refractivity contribution is 7.92. The van der Waals surface area contributed by atoms with E-state index in [0.717, 1.165) is 21.0 Å². The first-order chi connectivity index (χ1) is 14.2. The van der Waals surface area contributed by atoms with Crippen molar-refractivity contribution in [2.75, 3.05) is 16.2 Å². The number of nitrogens with one attached hydrogen (secondary N) is 1. The fourth-order valence-electron chi connectivity index (χ4n) is 2.90. The van der Waals surface area contributed by atoms with Crippen molar-refractivity contribution in [1.29, 1.82) is 0 Å². The average Bonchev–Trinajstić information content (AvgIpc) is 2.70. The van der Waals surface area contributed by atoms with Crippen LogP contribution in [0.25, 0.3) is 0 Å². The molecule has 3 aromatic rings. The highest BCUT2D eigenvalue weighted by Crippen LogP contribution is 2.26. The lowest BCUT2D eigenvalue weighted by atomic mass is 10.1. The van der Waals surface area contributed by atoms with Gasteiger partial charge in [0, 0.05) is 10.7 Å². The van der Waals surface area contributed by atoms with Crippen LogP contribution in [0.4, 0.5) is 11.4 Å². The number of carbonyl (C=O) groups is 1. The minimum absolute atomic E-state index is 0.130. The van der Waals surface area contributed by atoms with Crippen molar-refractivity contribution in [1.82, 2.24) is 0 Å². The van der Waals surface area contributed by atoms with Crippen molar-refractivity contribution in [2.45, 2.75) is 25.7 Å². The van der Waals surface area contributed by atoms with Gasteiger partial charge in [-0.3, -0.25) is 9.10 Å². The van der Waals surface area contributed by atoms with Crippen LogP contribution in [0.2, 0.25) is 5.02 Å². The Morgan fingerprint density at radius 3 is 2.13 bits per heavy atom. The van der Waals surface area contributed by atoms with Gasteiger partial charge in [-0.05, 0) is 80.4 Å². The highest BCUT2D eigenvalue weighted by Gasteiger charge is 2.27. The molecular weight excluding hydrogens is 420 g/mol. The predicted octanol–water partition coefficient (Wildman–Crippen LogP) is 5.10. The van der Waals surface area contributed by atoms with E-state index >= 15 is 0 Å². The number of hydrogen-bond acceptors (Lipinski definition) is 3. The maximum absolute atomic E-state index is 13.4. The molecule has 0 bridgehead atoms. The highest BCUT2D eigenvalue weighted by atomic mass is 35.5. The molecule has 0 aliphatic rings. The fraction of sp³-hybridized carbons (Fsp3) is 0.174. The summed E-state index contributed by atoms with van der Waals surface area (Å²) in [6.45, 7) is 5.38. The Hall–Kier alpha value is -2.83. The van der Waals surface area contributed by atoms with E-state index in [2.05, 4.69) is 5.32 Å². The second-order valence-corrected chi connectivity index (χ2v) is 9.45. The Morgan fingerprint density at radius 1 is 0.900 bits per heavy atom. The molecular formula is C23H23ClN2O3S. The predicted molar refractivity (Wildman–Crippen MR) is 122 cm³/mol. The molecule has 3 rings (SSSR count). The normalized spacial score (nSPS) is 11.2. The Balaban J connectivity index is 1.96. The molecule has 0 aliphatic carbocycles. The second-order valence-electron chi connectivity index (χ2n) is 7.15. The molecule has 0 saturated heterocycles. The van der Waals surface area contributed by atoms with E-state index < -0.39 is 15.9 Å². The monoisotopic (exact) mass is 442 g/mol. The molecule has 0 spiro atoms. The van der Waals surface area contributed by atoms with Gasteiger partial charge in [-0.25, -0.2) is 8.42 Å². The van der Waals surface area contributed by atoms with Crippen LogP contribution in [-0.4, -0.2) is 20.9 Å². The zero-order valence-corrected chi connectivity index (χ0v) is 18.6. The summed E-state index contributed by atoms with van der Waals surface area (Å²) in [5.41, 5.74) is 3.90. The third-order valence-corrected chi connectivity index (χ3v) is 6.84. The summed E-state index contributed by atoms with van der Waals surface area (Å²) < 4.78 is 27.9. The number of aryl methyl sites for hydroxylation is 3. The SMILES string of the molecule is Cc1ccc(S(=O)(=O)N(CC(=O)Nc2ccc(Cl)cc2)c2ccc(C)c(C)c2)cc1. The topological polar surface area (TPSA) is 66.5 Å². The molecule has 0 fully saturated rings. The standard InChI is InChI=1S/C23H23ClN2O3S/c1-16-4-12-22(13-5-16)30(28,29)26(21-11-6-17(2)18(3)14-21)15-23(27)25-20-9-7-19(24)8-10-20/h4-14H,15H2,1-3H3,(H,25,27). The van der Waals surface area contributed by atoms with Gasteiger partial charge in [0.1, 0.15) is 6.54 Å². The van der Waals surface area contributed by atoms with Crippen LogP contribution in [0.15, 0.2) is 71.6 Å². The van der Waals surface area contributed by atoms with Crippen LogP contribution < -0.4 is 9.62 Å². The molecule has 0 heterocycles. The van der Waals surface area contributed by atoms with E-state index in [-0.39, 0.29) is 11.4 Å². The van der Waals surface area contributed by atoms with E-state index in [1.807, 2.05) is 26.8 Å². The molecule has 0 radical (unpaired) electrons. The first-order valence-corrected chi connectivity index (χ1v) is 11.2. The number of carbonyl (C=O) groups excluding carboxylic acids is 1. The molecule has 0 unspecified atom stereocenters. The van der Waals surface area contributed by atoms with Crippen LogP contribution in [0.5, 0.6) is 0 Å². The van der Waals surface area contributed by atoms with Crippen LogP contribution in [0, 0.1) is 20.8 Å². The van der Waals surface area contributed by atoms with E-state index in [4.69, 9.17) is 11.6 Å². The fourth-order valence-corrected chi connectivity index (χ4v) is 4.44. The van der Waals surface area contributed by atoms with Gasteiger partial charge < -0.3 is 5.32 Å². The molecule has 1 amide bonds. The Morgan fingerprint density at radius 2 is 1.53 bits per heavy atom. The lowest BCUT2D eigenvalue weighted by Crippen LogP contribution is -2.38. The van der Waals surface area contributed by atoms with Crippen LogP contribution in [0.3, 0.4) is 0 Å². The van der Waals surface area contributed by atoms with Crippen molar-refractivity contribution < 1.29 is 13.2 Å². The molecule has 0 atom stereocenters. The van der Waals surface area contributed by atoms with Gasteiger partial charge >= 0.3 is 0 Å². The summed E-state index contributed by atoms with van der Waals surface area (Å²) in [5, 5.41) is 3.27. The van der Waals surface area contributed by atoms with Gasteiger partial charge in [-0.2, -0.15) is 0 Å². The van der Waals surface area contributed by atoms with Crippen molar-refractivity contribution >= 4 is 38.9 Å². The molecule has 7 heteroatoms. The van der Waals surface area contributed by atoms with Crippen LogP contribution in [-0.2, 0) is 14.8 Å². The molecule has 3 aromatic carbocycles. The number of nitrogens with zero attached hydrogens (tertiary/aromatic N) is 1. The number of sulfonamides is 1. The second kappa shape index (κ2) is 8.90. The first kappa shape index (κ1) is 21.9. The average molecular weight is 443 g/mol. The van der Waals surface area contributed by atoms with Crippen LogP contribution >= 0.6 is 11.6 Å². The minimum atomic E-state index is -3.94. The summed E-state index contributed by atoms with van der Waals surface area (Å²) >= 11 is 5.88. The largest absolute Gasteiger partial charge is 0.325 e. The zero-order valence-electron chi connectivity index (χ0n) is 17.0.